The minimum Gasteiger partial charge on any atom is -1.00 e. The molecule has 0 heterocycles. The van der Waals surface area contributed by atoms with E-state index >= 15 is 0 Å². The molecule has 1 aromatic carbocycles. The third-order valence-corrected chi connectivity index (χ3v) is 8.26. The minimum absolute atomic E-state index is 0. The van der Waals surface area contributed by atoms with Crippen LogP contribution < -0.4 is 39.0 Å². The number of fused-ring (bicyclic) bond motifs is 2. The Hall–Kier alpha value is -0.970. The quantitative estimate of drug-likeness (QED) is 0.431. The zero-order valence-corrected chi connectivity index (χ0v) is 23.4. The van der Waals surface area contributed by atoms with Gasteiger partial charge < -0.3 is 16.0 Å². The second kappa shape index (κ2) is 10.1. The maximum Gasteiger partial charge on any atom is 1.00 e. The number of hydrogen-bond acceptors (Lipinski definition) is 3. The van der Waals surface area contributed by atoms with Crippen molar-refractivity contribution < 1.29 is 50.4 Å². The maximum atomic E-state index is 12.7. The van der Waals surface area contributed by atoms with Gasteiger partial charge in [0, 0.05) is 0 Å². The Morgan fingerprint density at radius 2 is 1.75 bits per heavy atom. The van der Waals surface area contributed by atoms with Gasteiger partial charge in [-0.1, -0.05) is 66.4 Å². The van der Waals surface area contributed by atoms with E-state index in [0.717, 1.165) is 24.0 Å². The van der Waals surface area contributed by atoms with E-state index < -0.39 is 11.4 Å². The standard InChI is InChI=1S/C27H40O4.Na.H/c1-8-9-10-11-13-25(2,3)19-16-21(30-6)23(22(17-19)31-7)20-15-18-12-14-27(20,24(28)29)26(18,4)5;;/h15-18H,8-14H2,1-7H3,(H,28,29);;/q;+1;-1/t18-,27+;;/m1../s1. The van der Waals surface area contributed by atoms with Gasteiger partial charge in [-0.05, 0) is 59.3 Å². The number of hydrogen-bond donors (Lipinski definition) is 1. The van der Waals surface area contributed by atoms with Crippen molar-refractivity contribution in [1.29, 1.82) is 0 Å². The summed E-state index contributed by atoms with van der Waals surface area (Å²) in [6, 6.07) is 4.21. The van der Waals surface area contributed by atoms with Crippen molar-refractivity contribution in [3.05, 3.63) is 29.3 Å². The summed E-state index contributed by atoms with van der Waals surface area (Å²) in [4.78, 5) is 12.7. The smallest absolute Gasteiger partial charge is 1.00 e. The number of carboxylic acids is 1. The monoisotopic (exact) mass is 452 g/mol. The molecular formula is C27H41NaO4. The molecule has 1 fully saturated rings. The molecule has 3 rings (SSSR count). The van der Waals surface area contributed by atoms with E-state index in [1.54, 1.807) is 14.2 Å². The summed E-state index contributed by atoms with van der Waals surface area (Å²) in [5.74, 6) is 0.938. The van der Waals surface area contributed by atoms with Gasteiger partial charge in [0.1, 0.15) is 11.5 Å². The van der Waals surface area contributed by atoms with E-state index in [4.69, 9.17) is 9.47 Å². The van der Waals surface area contributed by atoms with Crippen LogP contribution in [-0.2, 0) is 10.2 Å². The molecule has 0 aromatic heterocycles. The Balaban J connectivity index is 0.00000272. The number of allylic oxidation sites excluding steroid dienone is 1. The van der Waals surface area contributed by atoms with Gasteiger partial charge in [0.2, 0.25) is 0 Å². The van der Waals surface area contributed by atoms with Gasteiger partial charge in [-0.25, -0.2) is 0 Å². The fourth-order valence-corrected chi connectivity index (χ4v) is 5.99. The second-order valence-electron chi connectivity index (χ2n) is 10.6. The number of unbranched alkanes of at least 4 members (excludes halogenated alkanes) is 3. The normalized spacial score (nSPS) is 23.5. The van der Waals surface area contributed by atoms with Crippen LogP contribution in [0.3, 0.4) is 0 Å². The number of carboxylic acid groups (broad SMARTS) is 1. The predicted molar refractivity (Wildman–Crippen MR) is 127 cm³/mol. The molecule has 0 amide bonds. The zero-order valence-electron chi connectivity index (χ0n) is 22.4. The van der Waals surface area contributed by atoms with Gasteiger partial charge in [-0.15, -0.1) is 0 Å². The molecule has 0 radical (unpaired) electrons. The van der Waals surface area contributed by atoms with Crippen LogP contribution >= 0.6 is 0 Å². The van der Waals surface area contributed by atoms with Crippen LogP contribution in [0.25, 0.3) is 5.57 Å². The van der Waals surface area contributed by atoms with Gasteiger partial charge in [0.25, 0.3) is 0 Å². The van der Waals surface area contributed by atoms with E-state index in [2.05, 4.69) is 52.8 Å². The molecule has 0 saturated heterocycles. The van der Waals surface area contributed by atoms with Gasteiger partial charge in [-0.3, -0.25) is 4.79 Å². The van der Waals surface area contributed by atoms with Gasteiger partial charge >= 0.3 is 35.5 Å². The zero-order chi connectivity index (χ0) is 23.0. The van der Waals surface area contributed by atoms with Gasteiger partial charge in [0.05, 0.1) is 25.2 Å². The fourth-order valence-electron chi connectivity index (χ4n) is 5.99. The molecule has 0 spiro atoms. The van der Waals surface area contributed by atoms with Crippen LogP contribution in [0.4, 0.5) is 0 Å². The van der Waals surface area contributed by atoms with E-state index in [1.807, 2.05) is 0 Å². The summed E-state index contributed by atoms with van der Waals surface area (Å²) in [6.07, 6.45) is 9.77. The summed E-state index contributed by atoms with van der Waals surface area (Å²) in [5.41, 5.74) is 1.60. The number of rotatable bonds is 10. The van der Waals surface area contributed by atoms with Gasteiger partial charge in [-0.2, -0.15) is 0 Å². The van der Waals surface area contributed by atoms with Crippen LogP contribution in [-0.4, -0.2) is 25.3 Å². The summed E-state index contributed by atoms with van der Waals surface area (Å²) < 4.78 is 11.7. The third kappa shape index (κ3) is 4.28. The maximum absolute atomic E-state index is 12.7. The number of ether oxygens (including phenoxy) is 2. The van der Waals surface area contributed by atoms with E-state index in [1.165, 1.54) is 31.2 Å². The Morgan fingerprint density at radius 1 is 1.16 bits per heavy atom. The van der Waals surface area contributed by atoms with Crippen LogP contribution in [0, 0.1) is 16.7 Å². The molecule has 1 saturated carbocycles. The Labute approximate surface area is 217 Å². The third-order valence-electron chi connectivity index (χ3n) is 8.26. The minimum atomic E-state index is -0.907. The summed E-state index contributed by atoms with van der Waals surface area (Å²) in [7, 11) is 3.34. The van der Waals surface area contributed by atoms with Gasteiger partial charge in [0.15, 0.2) is 0 Å². The Bertz CT molecular complexity index is 852. The number of aliphatic carboxylic acids is 1. The molecule has 1 aromatic rings. The van der Waals surface area contributed by atoms with Crippen molar-refractivity contribution in [2.45, 2.75) is 85.0 Å². The molecule has 174 valence electrons. The van der Waals surface area contributed by atoms with Crippen molar-refractivity contribution in [2.75, 3.05) is 14.2 Å². The molecule has 32 heavy (non-hydrogen) atoms. The topological polar surface area (TPSA) is 55.8 Å². The molecular weight excluding hydrogens is 411 g/mol. The van der Waals surface area contributed by atoms with Crippen LogP contribution in [0.5, 0.6) is 11.5 Å². The van der Waals surface area contributed by atoms with Crippen molar-refractivity contribution in [3.63, 3.8) is 0 Å². The van der Waals surface area contributed by atoms with Crippen molar-refractivity contribution >= 4 is 11.5 Å². The van der Waals surface area contributed by atoms with Crippen molar-refractivity contribution in [3.8, 4) is 11.5 Å². The van der Waals surface area contributed by atoms with Crippen molar-refractivity contribution in [2.24, 2.45) is 16.7 Å². The van der Waals surface area contributed by atoms with Crippen LogP contribution in [0.1, 0.15) is 92.1 Å². The second-order valence-corrected chi connectivity index (χ2v) is 10.6. The van der Waals surface area contributed by atoms with E-state index in [0.29, 0.717) is 17.9 Å². The predicted octanol–water partition coefficient (Wildman–Crippen LogP) is 3.97. The average molecular weight is 453 g/mol. The molecule has 2 atom stereocenters. The first-order valence-electron chi connectivity index (χ1n) is 11.8. The first-order chi connectivity index (χ1) is 14.6. The van der Waals surface area contributed by atoms with E-state index in [-0.39, 0.29) is 47.7 Å². The van der Waals surface area contributed by atoms with E-state index in [9.17, 15) is 9.90 Å². The summed E-state index contributed by atoms with van der Waals surface area (Å²) >= 11 is 0. The molecule has 4 nitrogen and oxygen atoms in total. The van der Waals surface area contributed by atoms with Crippen LogP contribution in [0.15, 0.2) is 18.2 Å². The Morgan fingerprint density at radius 3 is 2.22 bits per heavy atom. The first-order valence-corrected chi connectivity index (χ1v) is 11.8. The molecule has 2 bridgehead atoms. The first kappa shape index (κ1) is 27.3. The van der Waals surface area contributed by atoms with Crippen LogP contribution in [0.2, 0.25) is 0 Å². The molecule has 5 heteroatoms. The molecule has 2 aliphatic carbocycles. The number of methoxy groups -OCH3 is 2. The Kier molecular flexibility index (Phi) is 8.62. The molecule has 0 aliphatic heterocycles. The molecule has 1 N–H and O–H groups in total. The summed E-state index contributed by atoms with van der Waals surface area (Å²) in [6.45, 7) is 11.0. The number of carbonyl (C=O) groups is 1. The largest absolute Gasteiger partial charge is 1.00 e. The molecule has 2 aliphatic rings. The summed E-state index contributed by atoms with van der Waals surface area (Å²) in [5, 5.41) is 10.4. The average Bonchev–Trinajstić information content (AvgIpc) is 3.13. The molecule has 0 unspecified atom stereocenters. The SMILES string of the molecule is CCCCCCC(C)(C)c1cc(OC)c(C2=C[C@H]3CC[C@]2(C(=O)O)C3(C)C)c(OC)c1.[H-].[Na+]. The fraction of sp³-hybridized carbons (Fsp3) is 0.667. The van der Waals surface area contributed by atoms with Crippen molar-refractivity contribution in [1.82, 2.24) is 0 Å². The number of benzene rings is 1.